The maximum Gasteiger partial charge on any atom is 0.253 e. The van der Waals surface area contributed by atoms with Gasteiger partial charge in [0.25, 0.3) is 5.91 Å². The summed E-state index contributed by atoms with van der Waals surface area (Å²) in [4.78, 5) is 23.5. The highest BCUT2D eigenvalue weighted by atomic mass is 16.1. The molecule has 0 atom stereocenters. The molecule has 0 saturated heterocycles. The number of nitrogens with zero attached hydrogens (tertiary/aromatic N) is 2. The van der Waals surface area contributed by atoms with Gasteiger partial charge in [-0.1, -0.05) is 6.07 Å². The van der Waals surface area contributed by atoms with Crippen molar-refractivity contribution in [3.63, 3.8) is 0 Å². The molecule has 0 fully saturated rings. The molecule has 5 nitrogen and oxygen atoms in total. The lowest BCUT2D eigenvalue weighted by Crippen LogP contribution is -2.25. The Kier molecular flexibility index (Phi) is 3.41. The predicted molar refractivity (Wildman–Crippen MR) is 76.4 cm³/mol. The fourth-order valence-corrected chi connectivity index (χ4v) is 2.09. The Bertz CT molecular complexity index is 721. The fourth-order valence-electron chi connectivity index (χ4n) is 2.09. The van der Waals surface area contributed by atoms with E-state index < -0.39 is 0 Å². The van der Waals surface area contributed by atoms with Gasteiger partial charge in [0.05, 0.1) is 5.56 Å². The van der Waals surface area contributed by atoms with Crippen molar-refractivity contribution in [2.24, 2.45) is 0 Å². The molecule has 0 aliphatic heterocycles. The molecule has 5 heteroatoms. The summed E-state index contributed by atoms with van der Waals surface area (Å²) in [6.45, 7) is 0.558. The first kappa shape index (κ1) is 12.3. The SMILES string of the molecule is O=C(NCCc1ccccn1)c1c[nH]c2ncccc12. The zero-order chi connectivity index (χ0) is 13.8. The van der Waals surface area contributed by atoms with Crippen LogP contribution in [0.15, 0.2) is 48.9 Å². The van der Waals surface area contributed by atoms with Gasteiger partial charge in [0.15, 0.2) is 0 Å². The minimum Gasteiger partial charge on any atom is -0.352 e. The van der Waals surface area contributed by atoms with E-state index in [4.69, 9.17) is 0 Å². The van der Waals surface area contributed by atoms with E-state index in [-0.39, 0.29) is 5.91 Å². The molecule has 3 aromatic rings. The molecule has 0 aliphatic rings. The van der Waals surface area contributed by atoms with Gasteiger partial charge < -0.3 is 10.3 Å². The molecule has 0 bridgehead atoms. The van der Waals surface area contributed by atoms with Crippen LogP contribution < -0.4 is 5.32 Å². The van der Waals surface area contributed by atoms with Gasteiger partial charge in [-0.15, -0.1) is 0 Å². The summed E-state index contributed by atoms with van der Waals surface area (Å²) >= 11 is 0. The van der Waals surface area contributed by atoms with E-state index in [0.29, 0.717) is 18.5 Å². The lowest BCUT2D eigenvalue weighted by molar-refractivity contribution is 0.0956. The molecule has 1 amide bonds. The number of carbonyl (C=O) groups excluding carboxylic acids is 1. The highest BCUT2D eigenvalue weighted by Crippen LogP contribution is 2.15. The number of hydrogen-bond acceptors (Lipinski definition) is 3. The smallest absolute Gasteiger partial charge is 0.253 e. The van der Waals surface area contributed by atoms with Gasteiger partial charge in [0.1, 0.15) is 5.65 Å². The van der Waals surface area contributed by atoms with Gasteiger partial charge >= 0.3 is 0 Å². The van der Waals surface area contributed by atoms with Crippen molar-refractivity contribution in [2.45, 2.75) is 6.42 Å². The predicted octanol–water partition coefficient (Wildman–Crippen LogP) is 1.93. The van der Waals surface area contributed by atoms with Crippen LogP contribution in [0.25, 0.3) is 11.0 Å². The quantitative estimate of drug-likeness (QED) is 0.758. The number of aromatic amines is 1. The highest BCUT2D eigenvalue weighted by molar-refractivity contribution is 6.05. The maximum atomic E-state index is 12.1. The summed E-state index contributed by atoms with van der Waals surface area (Å²) in [7, 11) is 0. The number of fused-ring (bicyclic) bond motifs is 1. The number of nitrogens with one attached hydrogen (secondary N) is 2. The fraction of sp³-hybridized carbons (Fsp3) is 0.133. The van der Waals surface area contributed by atoms with Crippen molar-refractivity contribution in [3.8, 4) is 0 Å². The monoisotopic (exact) mass is 266 g/mol. The van der Waals surface area contributed by atoms with Crippen LogP contribution in [0, 0.1) is 0 Å². The van der Waals surface area contributed by atoms with Gasteiger partial charge in [0, 0.05) is 42.6 Å². The molecule has 3 heterocycles. The van der Waals surface area contributed by atoms with Crippen LogP contribution in [0.2, 0.25) is 0 Å². The molecular formula is C15H14N4O. The first-order chi connectivity index (χ1) is 9.84. The normalized spacial score (nSPS) is 10.6. The van der Waals surface area contributed by atoms with Crippen LogP contribution in [0.4, 0.5) is 0 Å². The third kappa shape index (κ3) is 2.51. The number of rotatable bonds is 4. The standard InChI is InChI=1S/C15H14N4O/c20-15(18-9-6-11-4-1-2-7-16-11)13-10-19-14-12(13)5-3-8-17-14/h1-5,7-8,10H,6,9H2,(H,17,19)(H,18,20). The zero-order valence-corrected chi connectivity index (χ0v) is 10.8. The first-order valence-corrected chi connectivity index (χ1v) is 6.45. The van der Waals surface area contributed by atoms with Gasteiger partial charge in [-0.2, -0.15) is 0 Å². The Balaban J connectivity index is 1.65. The molecule has 20 heavy (non-hydrogen) atoms. The van der Waals surface area contributed by atoms with E-state index in [0.717, 1.165) is 16.7 Å². The summed E-state index contributed by atoms with van der Waals surface area (Å²) in [5.74, 6) is -0.0971. The van der Waals surface area contributed by atoms with Crippen LogP contribution in [0.1, 0.15) is 16.1 Å². The van der Waals surface area contributed by atoms with E-state index in [9.17, 15) is 4.79 Å². The molecule has 0 aliphatic carbocycles. The van der Waals surface area contributed by atoms with Gasteiger partial charge in [-0.25, -0.2) is 4.98 Å². The van der Waals surface area contributed by atoms with Crippen molar-refractivity contribution >= 4 is 16.9 Å². The highest BCUT2D eigenvalue weighted by Gasteiger charge is 2.11. The second-order valence-corrected chi connectivity index (χ2v) is 4.43. The van der Waals surface area contributed by atoms with Crippen molar-refractivity contribution in [3.05, 3.63) is 60.2 Å². The zero-order valence-electron chi connectivity index (χ0n) is 10.8. The van der Waals surface area contributed by atoms with Gasteiger partial charge in [-0.05, 0) is 24.3 Å². The second kappa shape index (κ2) is 5.52. The Labute approximate surface area is 116 Å². The summed E-state index contributed by atoms with van der Waals surface area (Å²) in [6.07, 6.45) is 5.85. The van der Waals surface area contributed by atoms with Crippen molar-refractivity contribution in [1.29, 1.82) is 0 Å². The Hall–Kier alpha value is -2.69. The van der Waals surface area contributed by atoms with Gasteiger partial charge in [0.2, 0.25) is 0 Å². The largest absolute Gasteiger partial charge is 0.352 e. The van der Waals surface area contributed by atoms with Crippen LogP contribution in [-0.2, 0) is 6.42 Å². The Morgan fingerprint density at radius 2 is 2.05 bits per heavy atom. The second-order valence-electron chi connectivity index (χ2n) is 4.43. The van der Waals surface area contributed by atoms with Crippen LogP contribution in [0.5, 0.6) is 0 Å². The summed E-state index contributed by atoms with van der Waals surface area (Å²) in [5.41, 5.74) is 2.31. The number of amides is 1. The number of hydrogen-bond donors (Lipinski definition) is 2. The third-order valence-corrected chi connectivity index (χ3v) is 3.09. The summed E-state index contributed by atoms with van der Waals surface area (Å²) < 4.78 is 0. The van der Waals surface area contributed by atoms with Crippen molar-refractivity contribution in [2.75, 3.05) is 6.54 Å². The minimum atomic E-state index is -0.0971. The summed E-state index contributed by atoms with van der Waals surface area (Å²) in [6, 6.07) is 9.46. The molecule has 0 aromatic carbocycles. The molecule has 0 unspecified atom stereocenters. The average molecular weight is 266 g/mol. The Morgan fingerprint density at radius 3 is 2.90 bits per heavy atom. The van der Waals surface area contributed by atoms with E-state index in [1.807, 2.05) is 30.3 Å². The lowest BCUT2D eigenvalue weighted by Gasteiger charge is -2.03. The maximum absolute atomic E-state index is 12.1. The Morgan fingerprint density at radius 1 is 1.15 bits per heavy atom. The number of aromatic nitrogens is 3. The van der Waals surface area contributed by atoms with E-state index in [1.165, 1.54) is 0 Å². The number of carbonyl (C=O) groups is 1. The van der Waals surface area contributed by atoms with Crippen LogP contribution in [0.3, 0.4) is 0 Å². The molecule has 0 radical (unpaired) electrons. The molecule has 0 saturated carbocycles. The first-order valence-electron chi connectivity index (χ1n) is 6.45. The van der Waals surface area contributed by atoms with E-state index in [1.54, 1.807) is 18.6 Å². The van der Waals surface area contributed by atoms with Crippen molar-refractivity contribution in [1.82, 2.24) is 20.3 Å². The molecule has 100 valence electrons. The van der Waals surface area contributed by atoms with E-state index >= 15 is 0 Å². The summed E-state index contributed by atoms with van der Waals surface area (Å²) in [5, 5.41) is 3.73. The third-order valence-electron chi connectivity index (χ3n) is 3.09. The van der Waals surface area contributed by atoms with Crippen LogP contribution >= 0.6 is 0 Å². The van der Waals surface area contributed by atoms with Crippen molar-refractivity contribution < 1.29 is 4.79 Å². The molecule has 2 N–H and O–H groups in total. The van der Waals surface area contributed by atoms with Crippen LogP contribution in [-0.4, -0.2) is 27.4 Å². The topological polar surface area (TPSA) is 70.7 Å². The average Bonchev–Trinajstić information content (AvgIpc) is 2.92. The molecular weight excluding hydrogens is 252 g/mol. The lowest BCUT2D eigenvalue weighted by atomic mass is 10.2. The molecule has 3 rings (SSSR count). The molecule has 3 aromatic heterocycles. The minimum absolute atomic E-state index is 0.0971. The van der Waals surface area contributed by atoms with Gasteiger partial charge in [-0.3, -0.25) is 9.78 Å². The number of H-pyrrole nitrogens is 1. The number of pyridine rings is 2. The van der Waals surface area contributed by atoms with E-state index in [2.05, 4.69) is 20.3 Å². The molecule has 0 spiro atoms.